The Bertz CT molecular complexity index is 940. The van der Waals surface area contributed by atoms with Crippen molar-refractivity contribution < 1.29 is 14.3 Å². The summed E-state index contributed by atoms with van der Waals surface area (Å²) in [5, 5.41) is 6.82. The van der Waals surface area contributed by atoms with E-state index in [4.69, 9.17) is 4.74 Å². The van der Waals surface area contributed by atoms with Gasteiger partial charge in [0, 0.05) is 12.2 Å². The molecule has 0 aliphatic carbocycles. The Morgan fingerprint density at radius 3 is 2.64 bits per heavy atom. The Morgan fingerprint density at radius 1 is 1.29 bits per heavy atom. The van der Waals surface area contributed by atoms with Crippen LogP contribution in [-0.4, -0.2) is 41.0 Å². The fraction of sp³-hybridized carbons (Fsp3) is 0.368. The molecule has 0 unspecified atom stereocenters. The smallest absolute Gasteiger partial charge is 0.292 e. The van der Waals surface area contributed by atoms with Crippen LogP contribution in [0.2, 0.25) is 0 Å². The van der Waals surface area contributed by atoms with Crippen molar-refractivity contribution in [2.24, 2.45) is 5.92 Å². The second-order valence-electron chi connectivity index (χ2n) is 6.78. The highest BCUT2D eigenvalue weighted by molar-refractivity contribution is 8.00. The lowest BCUT2D eigenvalue weighted by molar-refractivity contribution is -0.117. The topological polar surface area (TPSA) is 93.5 Å². The van der Waals surface area contributed by atoms with Gasteiger partial charge >= 0.3 is 0 Å². The van der Waals surface area contributed by atoms with E-state index in [0.29, 0.717) is 28.6 Å². The monoisotopic (exact) mass is 402 g/mol. The molecule has 2 heterocycles. The van der Waals surface area contributed by atoms with E-state index in [-0.39, 0.29) is 30.0 Å². The molecule has 1 aliphatic heterocycles. The molecule has 0 bridgehead atoms. The number of carbonyl (C=O) groups excluding carboxylic acids is 2. The summed E-state index contributed by atoms with van der Waals surface area (Å²) in [7, 11) is 1.56. The van der Waals surface area contributed by atoms with Crippen molar-refractivity contribution in [3.8, 4) is 5.75 Å². The van der Waals surface area contributed by atoms with Crippen molar-refractivity contribution in [3.05, 3.63) is 40.8 Å². The molecule has 0 radical (unpaired) electrons. The van der Waals surface area contributed by atoms with Crippen LogP contribution >= 0.6 is 11.8 Å². The normalized spacial score (nSPS) is 13.4. The van der Waals surface area contributed by atoms with Gasteiger partial charge in [0.15, 0.2) is 0 Å². The number of nitrogens with one attached hydrogen (secondary N) is 1. The zero-order valence-electron chi connectivity index (χ0n) is 16.0. The molecule has 0 fully saturated rings. The van der Waals surface area contributed by atoms with E-state index in [9.17, 15) is 14.4 Å². The largest absolute Gasteiger partial charge is 0.497 e. The summed E-state index contributed by atoms with van der Waals surface area (Å²) in [5.74, 6) is 0.675. The molecule has 0 spiro atoms. The van der Waals surface area contributed by atoms with Crippen LogP contribution in [0.4, 0.5) is 11.4 Å². The number of aromatic nitrogens is 2. The molecule has 2 amide bonds. The summed E-state index contributed by atoms with van der Waals surface area (Å²) in [6.07, 6.45) is 1.54. The molecule has 0 saturated heterocycles. The van der Waals surface area contributed by atoms with Gasteiger partial charge in [0.05, 0.1) is 24.0 Å². The van der Waals surface area contributed by atoms with Crippen LogP contribution in [0, 0.1) is 5.92 Å². The summed E-state index contributed by atoms with van der Waals surface area (Å²) in [4.78, 5) is 39.8. The van der Waals surface area contributed by atoms with Crippen molar-refractivity contribution in [3.63, 3.8) is 0 Å². The first-order valence-corrected chi connectivity index (χ1v) is 9.84. The average molecular weight is 402 g/mol. The number of anilines is 2. The fourth-order valence-corrected chi connectivity index (χ4v) is 3.73. The number of amides is 2. The first kappa shape index (κ1) is 19.9. The molecule has 9 heteroatoms. The number of benzene rings is 1. The van der Waals surface area contributed by atoms with Gasteiger partial charge in [-0.2, -0.15) is 5.10 Å². The molecule has 1 aromatic carbocycles. The van der Waals surface area contributed by atoms with Gasteiger partial charge in [-0.05, 0) is 30.2 Å². The number of rotatable bonds is 6. The highest BCUT2D eigenvalue weighted by Gasteiger charge is 2.29. The van der Waals surface area contributed by atoms with E-state index in [2.05, 4.69) is 10.4 Å². The van der Waals surface area contributed by atoms with Gasteiger partial charge < -0.3 is 15.0 Å². The molecule has 2 aromatic rings. The maximum atomic E-state index is 12.9. The van der Waals surface area contributed by atoms with Crippen molar-refractivity contribution in [1.29, 1.82) is 0 Å². The average Bonchev–Trinajstić information content (AvgIpc) is 2.66. The second-order valence-corrected chi connectivity index (χ2v) is 7.80. The summed E-state index contributed by atoms with van der Waals surface area (Å²) < 4.78 is 6.17. The van der Waals surface area contributed by atoms with Gasteiger partial charge in [-0.25, -0.2) is 4.68 Å². The zero-order chi connectivity index (χ0) is 20.3. The maximum Gasteiger partial charge on any atom is 0.292 e. The molecule has 0 atom stereocenters. The van der Waals surface area contributed by atoms with Crippen LogP contribution < -0.4 is 20.5 Å². The molecule has 1 aromatic heterocycles. The van der Waals surface area contributed by atoms with E-state index < -0.39 is 5.56 Å². The molecule has 8 nitrogen and oxygen atoms in total. The quantitative estimate of drug-likeness (QED) is 0.794. The standard InChI is InChI=1S/C19H22N4O4S/c1-12(2)9-22-17(25)11-28-15-8-20-23(19(26)18(15)22)10-16(24)21-13-4-6-14(27-3)7-5-13/h4-8,12H,9-11H2,1-3H3,(H,21,24). The molecule has 0 saturated carbocycles. The van der Waals surface area contributed by atoms with E-state index in [1.165, 1.54) is 16.7 Å². The van der Waals surface area contributed by atoms with Gasteiger partial charge in [0.2, 0.25) is 11.8 Å². The number of hydrogen-bond donors (Lipinski definition) is 1. The van der Waals surface area contributed by atoms with Crippen LogP contribution in [0.1, 0.15) is 13.8 Å². The molecule has 148 valence electrons. The van der Waals surface area contributed by atoms with Crippen LogP contribution in [0.25, 0.3) is 0 Å². The lowest BCUT2D eigenvalue weighted by Crippen LogP contribution is -2.44. The Hall–Kier alpha value is -2.81. The van der Waals surface area contributed by atoms with Crippen molar-refractivity contribution in [2.75, 3.05) is 29.6 Å². The maximum absolute atomic E-state index is 12.9. The van der Waals surface area contributed by atoms with Crippen LogP contribution in [0.3, 0.4) is 0 Å². The molecular formula is C19H22N4O4S. The highest BCUT2D eigenvalue weighted by atomic mass is 32.2. The van der Waals surface area contributed by atoms with Crippen molar-refractivity contribution in [1.82, 2.24) is 9.78 Å². The highest BCUT2D eigenvalue weighted by Crippen LogP contribution is 2.32. The number of hydrogen-bond acceptors (Lipinski definition) is 6. The van der Waals surface area contributed by atoms with Gasteiger partial charge in [0.1, 0.15) is 18.0 Å². The van der Waals surface area contributed by atoms with Gasteiger partial charge in [-0.3, -0.25) is 14.4 Å². The number of nitrogens with zero attached hydrogens (tertiary/aromatic N) is 3. The zero-order valence-corrected chi connectivity index (χ0v) is 16.8. The first-order chi connectivity index (χ1) is 13.4. The fourth-order valence-electron chi connectivity index (χ4n) is 2.84. The predicted molar refractivity (Wildman–Crippen MR) is 108 cm³/mol. The third kappa shape index (κ3) is 4.36. The van der Waals surface area contributed by atoms with Crippen molar-refractivity contribution in [2.45, 2.75) is 25.3 Å². The molecule has 28 heavy (non-hydrogen) atoms. The van der Waals surface area contributed by atoms with Crippen LogP contribution in [0.5, 0.6) is 5.75 Å². The third-order valence-corrected chi connectivity index (χ3v) is 5.12. The number of methoxy groups -OCH3 is 1. The molecule has 3 rings (SSSR count). The Kier molecular flexibility index (Phi) is 6.03. The predicted octanol–water partition coefficient (Wildman–Crippen LogP) is 1.99. The Morgan fingerprint density at radius 2 is 2.00 bits per heavy atom. The minimum atomic E-state index is -0.441. The number of ether oxygens (including phenoxy) is 1. The second kappa shape index (κ2) is 8.47. The minimum Gasteiger partial charge on any atom is -0.497 e. The number of thioether (sulfide) groups is 1. The molecular weight excluding hydrogens is 380 g/mol. The van der Waals surface area contributed by atoms with Gasteiger partial charge in [0.25, 0.3) is 5.56 Å². The summed E-state index contributed by atoms with van der Waals surface area (Å²) >= 11 is 1.30. The SMILES string of the molecule is COc1ccc(NC(=O)Cn2ncc3c(c2=O)N(CC(C)C)C(=O)CS3)cc1. The third-order valence-electron chi connectivity index (χ3n) is 4.12. The summed E-state index contributed by atoms with van der Waals surface area (Å²) in [6, 6.07) is 6.87. The van der Waals surface area contributed by atoms with Gasteiger partial charge in [-0.15, -0.1) is 11.8 Å². The number of fused-ring (bicyclic) bond motifs is 1. The summed E-state index contributed by atoms with van der Waals surface area (Å²) in [6.45, 7) is 4.17. The van der Waals surface area contributed by atoms with E-state index in [1.54, 1.807) is 37.6 Å². The van der Waals surface area contributed by atoms with E-state index in [1.807, 2.05) is 13.8 Å². The van der Waals surface area contributed by atoms with E-state index in [0.717, 1.165) is 4.68 Å². The van der Waals surface area contributed by atoms with Gasteiger partial charge in [-0.1, -0.05) is 13.8 Å². The molecule has 1 aliphatic rings. The lowest BCUT2D eigenvalue weighted by atomic mass is 10.2. The Labute approximate surface area is 166 Å². The first-order valence-electron chi connectivity index (χ1n) is 8.86. The molecule has 1 N–H and O–H groups in total. The van der Waals surface area contributed by atoms with E-state index >= 15 is 0 Å². The Balaban J connectivity index is 1.81. The lowest BCUT2D eigenvalue weighted by Gasteiger charge is -2.29. The number of carbonyl (C=O) groups is 2. The summed E-state index contributed by atoms with van der Waals surface area (Å²) in [5.41, 5.74) is 0.453. The minimum absolute atomic E-state index is 0.108. The van der Waals surface area contributed by atoms with Crippen LogP contribution in [0.15, 0.2) is 40.2 Å². The van der Waals surface area contributed by atoms with Crippen LogP contribution in [-0.2, 0) is 16.1 Å². The van der Waals surface area contributed by atoms with Crippen molar-refractivity contribution >= 4 is 35.0 Å².